The molecule has 2 atom stereocenters. The molecular formula is C19H17ClF5N5O2S. The van der Waals surface area contributed by atoms with Gasteiger partial charge < -0.3 is 15.8 Å². The lowest BCUT2D eigenvalue weighted by Gasteiger charge is -2.36. The first kappa shape index (κ1) is 23.6. The van der Waals surface area contributed by atoms with Gasteiger partial charge in [-0.05, 0) is 18.9 Å². The van der Waals surface area contributed by atoms with Crippen molar-refractivity contribution >= 4 is 34.4 Å². The third kappa shape index (κ3) is 4.36. The first-order valence-electron chi connectivity index (χ1n) is 9.66. The molecule has 1 fully saturated rings. The molecule has 3 heterocycles. The third-order valence-electron chi connectivity index (χ3n) is 5.40. The second kappa shape index (κ2) is 8.37. The van der Waals surface area contributed by atoms with Crippen molar-refractivity contribution in [2.75, 3.05) is 7.11 Å². The second-order valence-electron chi connectivity index (χ2n) is 7.55. The van der Waals surface area contributed by atoms with Crippen LogP contribution in [0.15, 0.2) is 18.5 Å². The van der Waals surface area contributed by atoms with Gasteiger partial charge in [0.1, 0.15) is 27.4 Å². The van der Waals surface area contributed by atoms with Crippen molar-refractivity contribution < 1.29 is 31.5 Å². The van der Waals surface area contributed by atoms with E-state index in [2.05, 4.69) is 15.4 Å². The number of carbonyl (C=O) groups is 1. The molecule has 0 bridgehead atoms. The summed E-state index contributed by atoms with van der Waals surface area (Å²) in [5.74, 6) is -4.50. The van der Waals surface area contributed by atoms with E-state index in [0.717, 1.165) is 23.9 Å². The van der Waals surface area contributed by atoms with E-state index in [1.54, 1.807) is 0 Å². The summed E-state index contributed by atoms with van der Waals surface area (Å²) in [5.41, 5.74) is 4.89. The van der Waals surface area contributed by atoms with Crippen molar-refractivity contribution in [1.29, 1.82) is 0 Å². The van der Waals surface area contributed by atoms with E-state index in [1.807, 2.05) is 0 Å². The highest BCUT2D eigenvalue weighted by molar-refractivity contribution is 7.18. The van der Waals surface area contributed by atoms with Gasteiger partial charge in [0.05, 0.1) is 25.0 Å². The third-order valence-corrected chi connectivity index (χ3v) is 6.65. The minimum Gasteiger partial charge on any atom is -0.494 e. The number of ether oxygens (including phenoxy) is 1. The first-order valence-corrected chi connectivity index (χ1v) is 10.9. The number of rotatable bonds is 4. The summed E-state index contributed by atoms with van der Waals surface area (Å²) >= 11 is 6.93. The highest BCUT2D eigenvalue weighted by atomic mass is 35.5. The molecule has 3 aromatic heterocycles. The molecule has 1 saturated carbocycles. The lowest BCUT2D eigenvalue weighted by Crippen LogP contribution is -2.59. The fourth-order valence-corrected chi connectivity index (χ4v) is 4.84. The van der Waals surface area contributed by atoms with Crippen LogP contribution in [-0.2, 0) is 6.18 Å². The molecule has 1 aliphatic rings. The summed E-state index contributed by atoms with van der Waals surface area (Å²) in [7, 11) is 1.10. The summed E-state index contributed by atoms with van der Waals surface area (Å²) < 4.78 is 74.7. The summed E-state index contributed by atoms with van der Waals surface area (Å²) in [6, 6.07) is -1.66. The number of nitrogens with zero attached hydrogens (tertiary/aromatic N) is 3. The van der Waals surface area contributed by atoms with Crippen LogP contribution in [0, 0.1) is 0 Å². The Kier molecular flexibility index (Phi) is 5.99. The fraction of sp³-hybridized carbons (Fsp3) is 0.421. The number of hydrogen-bond donors (Lipinski definition) is 2. The lowest BCUT2D eigenvalue weighted by molar-refractivity contribution is -0.138. The van der Waals surface area contributed by atoms with Crippen LogP contribution in [-0.4, -0.2) is 45.6 Å². The normalized spacial score (nSPS) is 20.7. The maximum Gasteiger partial charge on any atom is 0.420 e. The van der Waals surface area contributed by atoms with Gasteiger partial charge in [-0.3, -0.25) is 4.79 Å². The predicted molar refractivity (Wildman–Crippen MR) is 111 cm³/mol. The minimum atomic E-state index is -4.70. The monoisotopic (exact) mass is 509 g/mol. The molecule has 0 aliphatic heterocycles. The lowest BCUT2D eigenvalue weighted by atomic mass is 9.87. The number of amides is 1. The molecule has 178 valence electrons. The standard InChI is InChI=1S/C19H17ClF5N5O2S/c1-32-12-7-30-11(5-9(12)19(23,24)25)8(6-27-30)13-15(20)33-17(28-13)16(31)29-14-10(26)3-2-4-18(14,21)22/h5-7,10,14H,2-4,26H2,1H3,(H,29,31)/t10-,14+/m0/s1. The number of methoxy groups -OCH3 is 1. The van der Waals surface area contributed by atoms with E-state index in [1.165, 1.54) is 6.20 Å². The summed E-state index contributed by atoms with van der Waals surface area (Å²) in [4.78, 5) is 16.7. The molecule has 4 rings (SSSR count). The molecular weight excluding hydrogens is 493 g/mol. The second-order valence-corrected chi connectivity index (χ2v) is 9.15. The van der Waals surface area contributed by atoms with Crippen LogP contribution >= 0.6 is 22.9 Å². The molecule has 3 aromatic rings. The van der Waals surface area contributed by atoms with Gasteiger partial charge in [-0.1, -0.05) is 22.9 Å². The van der Waals surface area contributed by atoms with Gasteiger partial charge in [0.2, 0.25) is 0 Å². The summed E-state index contributed by atoms with van der Waals surface area (Å²) in [6.45, 7) is 0. The van der Waals surface area contributed by atoms with Gasteiger partial charge >= 0.3 is 6.18 Å². The van der Waals surface area contributed by atoms with Crippen molar-refractivity contribution in [2.45, 2.75) is 43.4 Å². The Labute approximate surface area is 192 Å². The van der Waals surface area contributed by atoms with E-state index in [9.17, 15) is 26.7 Å². The van der Waals surface area contributed by atoms with Crippen molar-refractivity contribution in [1.82, 2.24) is 19.9 Å². The number of halogens is 6. The van der Waals surface area contributed by atoms with Gasteiger partial charge in [0, 0.05) is 18.0 Å². The van der Waals surface area contributed by atoms with Crippen LogP contribution in [0.25, 0.3) is 16.8 Å². The van der Waals surface area contributed by atoms with Crippen LogP contribution < -0.4 is 15.8 Å². The van der Waals surface area contributed by atoms with Gasteiger partial charge in [-0.15, -0.1) is 0 Å². The topological polar surface area (TPSA) is 94.5 Å². The average molecular weight is 510 g/mol. The zero-order valence-electron chi connectivity index (χ0n) is 16.9. The van der Waals surface area contributed by atoms with E-state index >= 15 is 0 Å². The van der Waals surface area contributed by atoms with Gasteiger partial charge in [0.25, 0.3) is 11.8 Å². The molecule has 0 radical (unpaired) electrons. The largest absolute Gasteiger partial charge is 0.494 e. The van der Waals surface area contributed by atoms with Crippen LogP contribution in [0.2, 0.25) is 4.34 Å². The molecule has 1 aliphatic carbocycles. The predicted octanol–water partition coefficient (Wildman–Crippen LogP) is 4.38. The Hall–Kier alpha value is -2.51. The fourth-order valence-electron chi connectivity index (χ4n) is 3.76. The van der Waals surface area contributed by atoms with Gasteiger partial charge in [-0.25, -0.2) is 18.3 Å². The first-order chi connectivity index (χ1) is 15.4. The maximum atomic E-state index is 14.2. The Morgan fingerprint density at radius 1 is 1.42 bits per heavy atom. The molecule has 0 spiro atoms. The van der Waals surface area contributed by atoms with Crippen LogP contribution in [0.3, 0.4) is 0 Å². The number of hydrogen-bond acceptors (Lipinski definition) is 6. The number of pyridine rings is 1. The smallest absolute Gasteiger partial charge is 0.420 e. The summed E-state index contributed by atoms with van der Waals surface area (Å²) in [6.07, 6.45) is -2.23. The van der Waals surface area contributed by atoms with Crippen LogP contribution in [0.5, 0.6) is 5.75 Å². The number of fused-ring (bicyclic) bond motifs is 1. The van der Waals surface area contributed by atoms with Crippen LogP contribution in [0.4, 0.5) is 22.0 Å². The van der Waals surface area contributed by atoms with Crippen molar-refractivity contribution in [3.8, 4) is 17.0 Å². The zero-order valence-corrected chi connectivity index (χ0v) is 18.5. The van der Waals surface area contributed by atoms with Crippen molar-refractivity contribution in [2.24, 2.45) is 5.73 Å². The number of carbonyl (C=O) groups excluding carboxylic acids is 1. The van der Waals surface area contributed by atoms with E-state index in [-0.39, 0.29) is 32.5 Å². The quantitative estimate of drug-likeness (QED) is 0.509. The molecule has 33 heavy (non-hydrogen) atoms. The number of thiazole rings is 1. The zero-order chi connectivity index (χ0) is 24.1. The molecule has 1 amide bonds. The minimum absolute atomic E-state index is 0.000175. The van der Waals surface area contributed by atoms with E-state index in [0.29, 0.717) is 17.8 Å². The number of aromatic nitrogens is 3. The van der Waals surface area contributed by atoms with Crippen molar-refractivity contribution in [3.05, 3.63) is 33.4 Å². The number of alkyl halides is 5. The molecule has 7 nitrogen and oxygen atoms in total. The Morgan fingerprint density at radius 3 is 2.79 bits per heavy atom. The molecule has 0 saturated heterocycles. The van der Waals surface area contributed by atoms with E-state index < -0.39 is 47.8 Å². The number of nitrogens with two attached hydrogens (primary N) is 1. The number of nitrogens with one attached hydrogen (secondary N) is 1. The highest BCUT2D eigenvalue weighted by Crippen LogP contribution is 2.40. The highest BCUT2D eigenvalue weighted by Gasteiger charge is 2.47. The van der Waals surface area contributed by atoms with E-state index in [4.69, 9.17) is 22.1 Å². The average Bonchev–Trinajstić information content (AvgIpc) is 3.31. The Balaban J connectivity index is 1.69. The molecule has 14 heteroatoms. The Bertz CT molecular complexity index is 1210. The van der Waals surface area contributed by atoms with Crippen molar-refractivity contribution in [3.63, 3.8) is 0 Å². The molecule has 0 aromatic carbocycles. The SMILES string of the molecule is COc1cn2ncc(-c3nc(C(=O)N[C@@H]4[C@@H](N)CCCC4(F)F)sc3Cl)c2cc1C(F)(F)F. The van der Waals surface area contributed by atoms with Gasteiger partial charge in [0.15, 0.2) is 5.01 Å². The van der Waals surface area contributed by atoms with Crippen LogP contribution in [0.1, 0.15) is 34.6 Å². The maximum absolute atomic E-state index is 14.2. The molecule has 3 N–H and O–H groups in total. The molecule has 0 unspecified atom stereocenters. The van der Waals surface area contributed by atoms with Gasteiger partial charge in [-0.2, -0.15) is 18.3 Å². The Morgan fingerprint density at radius 2 is 2.15 bits per heavy atom. The summed E-state index contributed by atoms with van der Waals surface area (Å²) in [5, 5.41) is 6.01.